The highest BCUT2D eigenvalue weighted by atomic mass is 16.6. The van der Waals surface area contributed by atoms with Gasteiger partial charge in [0.2, 0.25) is 0 Å². The van der Waals surface area contributed by atoms with Crippen LogP contribution in [0.15, 0.2) is 18.2 Å². The minimum atomic E-state index is -0.469. The maximum absolute atomic E-state index is 11.7. The van der Waals surface area contributed by atoms with Gasteiger partial charge < -0.3 is 10.6 Å². The molecule has 0 saturated carbocycles. The Balaban J connectivity index is 3.02. The average molecular weight is 279 g/mol. The largest absolute Gasteiger partial charge is 0.377 e. The third kappa shape index (κ3) is 4.22. The van der Waals surface area contributed by atoms with Gasteiger partial charge in [-0.25, -0.2) is 0 Å². The first-order valence-electron chi connectivity index (χ1n) is 6.82. The van der Waals surface area contributed by atoms with Crippen molar-refractivity contribution in [3.05, 3.63) is 33.9 Å². The highest BCUT2D eigenvalue weighted by Crippen LogP contribution is 2.26. The van der Waals surface area contributed by atoms with Gasteiger partial charge in [0.15, 0.2) is 0 Å². The fourth-order valence-electron chi connectivity index (χ4n) is 1.98. The molecule has 6 heteroatoms. The van der Waals surface area contributed by atoms with Crippen LogP contribution in [0, 0.1) is 10.1 Å². The number of carbonyl (C=O) groups is 1. The number of nitro benzene ring substituents is 1. The molecule has 0 spiro atoms. The van der Waals surface area contributed by atoms with Gasteiger partial charge >= 0.3 is 0 Å². The van der Waals surface area contributed by atoms with E-state index in [1.54, 1.807) is 19.1 Å². The van der Waals surface area contributed by atoms with Crippen LogP contribution in [0.3, 0.4) is 0 Å². The van der Waals surface area contributed by atoms with E-state index in [9.17, 15) is 14.9 Å². The number of anilines is 1. The number of nitrogens with one attached hydrogen (secondary N) is 2. The summed E-state index contributed by atoms with van der Waals surface area (Å²) >= 11 is 0. The Bertz CT molecular complexity index is 489. The standard InChI is InChI=1S/C14H21N3O3/c1-4-6-10(3)16-12-8-7-11(14(18)15-5-2)9-13(12)17(19)20/h7-10,16H,4-6H2,1-3H3,(H,15,18). The van der Waals surface area contributed by atoms with Crippen LogP contribution in [0.25, 0.3) is 0 Å². The van der Waals surface area contributed by atoms with Crippen molar-refractivity contribution in [2.75, 3.05) is 11.9 Å². The lowest BCUT2D eigenvalue weighted by Crippen LogP contribution is -2.23. The molecule has 1 aromatic rings. The Morgan fingerprint density at radius 1 is 1.40 bits per heavy atom. The van der Waals surface area contributed by atoms with Crippen molar-refractivity contribution in [3.8, 4) is 0 Å². The Kier molecular flexibility index (Phi) is 5.96. The van der Waals surface area contributed by atoms with Gasteiger partial charge in [-0.3, -0.25) is 14.9 Å². The Morgan fingerprint density at radius 2 is 2.10 bits per heavy atom. The molecule has 0 bridgehead atoms. The zero-order chi connectivity index (χ0) is 15.1. The van der Waals surface area contributed by atoms with Crippen molar-refractivity contribution < 1.29 is 9.72 Å². The third-order valence-corrected chi connectivity index (χ3v) is 2.92. The molecule has 0 fully saturated rings. The van der Waals surface area contributed by atoms with Crippen LogP contribution >= 0.6 is 0 Å². The summed E-state index contributed by atoms with van der Waals surface area (Å²) in [6.45, 7) is 6.32. The van der Waals surface area contributed by atoms with E-state index >= 15 is 0 Å². The molecule has 0 aliphatic heterocycles. The topological polar surface area (TPSA) is 84.3 Å². The molecule has 1 atom stereocenters. The van der Waals surface area contributed by atoms with Gasteiger partial charge in [0, 0.05) is 24.2 Å². The number of rotatable bonds is 7. The lowest BCUT2D eigenvalue weighted by Gasteiger charge is -2.14. The summed E-state index contributed by atoms with van der Waals surface area (Å²) in [5, 5.41) is 16.9. The SMILES string of the molecule is CCCC(C)Nc1ccc(C(=O)NCC)cc1[N+](=O)[O-]. The molecule has 0 aromatic heterocycles. The second-order valence-corrected chi connectivity index (χ2v) is 4.68. The first-order valence-corrected chi connectivity index (χ1v) is 6.82. The molecule has 0 saturated heterocycles. The molecule has 6 nitrogen and oxygen atoms in total. The molecular weight excluding hydrogens is 258 g/mol. The van der Waals surface area contributed by atoms with Crippen molar-refractivity contribution >= 4 is 17.3 Å². The second kappa shape index (κ2) is 7.47. The molecule has 20 heavy (non-hydrogen) atoms. The van der Waals surface area contributed by atoms with E-state index in [4.69, 9.17) is 0 Å². The average Bonchev–Trinajstić information content (AvgIpc) is 2.39. The molecule has 1 unspecified atom stereocenters. The summed E-state index contributed by atoms with van der Waals surface area (Å²) in [6, 6.07) is 4.65. The molecule has 110 valence electrons. The monoisotopic (exact) mass is 279 g/mol. The smallest absolute Gasteiger partial charge is 0.293 e. The lowest BCUT2D eigenvalue weighted by molar-refractivity contribution is -0.384. The maximum atomic E-state index is 11.7. The predicted octanol–water partition coefficient (Wildman–Crippen LogP) is 2.95. The summed E-state index contributed by atoms with van der Waals surface area (Å²) in [6.07, 6.45) is 1.92. The van der Waals surface area contributed by atoms with Crippen molar-refractivity contribution in [3.63, 3.8) is 0 Å². The van der Waals surface area contributed by atoms with Gasteiger partial charge in [-0.1, -0.05) is 13.3 Å². The Morgan fingerprint density at radius 3 is 2.65 bits per heavy atom. The van der Waals surface area contributed by atoms with Crippen LogP contribution in [0.5, 0.6) is 0 Å². The molecule has 0 heterocycles. The van der Waals surface area contributed by atoms with E-state index in [0.717, 1.165) is 12.8 Å². The van der Waals surface area contributed by atoms with Crippen molar-refractivity contribution in [1.29, 1.82) is 0 Å². The van der Waals surface area contributed by atoms with Crippen molar-refractivity contribution in [2.45, 2.75) is 39.7 Å². The summed E-state index contributed by atoms with van der Waals surface area (Å²) in [4.78, 5) is 22.4. The van der Waals surface area contributed by atoms with E-state index < -0.39 is 4.92 Å². The van der Waals surface area contributed by atoms with E-state index in [0.29, 0.717) is 17.8 Å². The Labute approximate surface area is 118 Å². The zero-order valence-corrected chi connectivity index (χ0v) is 12.1. The molecule has 1 amide bonds. The minimum absolute atomic E-state index is 0.0725. The molecular formula is C14H21N3O3. The third-order valence-electron chi connectivity index (χ3n) is 2.92. The molecule has 1 rings (SSSR count). The van der Waals surface area contributed by atoms with Gasteiger partial charge in [-0.2, -0.15) is 0 Å². The highest BCUT2D eigenvalue weighted by molar-refractivity contribution is 5.95. The number of hydrogen-bond acceptors (Lipinski definition) is 4. The number of nitro groups is 1. The molecule has 2 N–H and O–H groups in total. The zero-order valence-electron chi connectivity index (χ0n) is 12.1. The quantitative estimate of drug-likeness (QED) is 0.593. The van der Waals surface area contributed by atoms with Gasteiger partial charge in [0.1, 0.15) is 5.69 Å². The van der Waals surface area contributed by atoms with Gasteiger partial charge in [-0.15, -0.1) is 0 Å². The van der Waals surface area contributed by atoms with Crippen LogP contribution in [0.1, 0.15) is 44.0 Å². The summed E-state index contributed by atoms with van der Waals surface area (Å²) in [5.41, 5.74) is 0.674. The number of amides is 1. The van der Waals surface area contributed by atoms with E-state index in [-0.39, 0.29) is 17.6 Å². The maximum Gasteiger partial charge on any atom is 0.293 e. The van der Waals surface area contributed by atoms with Gasteiger partial charge in [0.25, 0.3) is 11.6 Å². The van der Waals surface area contributed by atoms with Crippen LogP contribution in [-0.4, -0.2) is 23.4 Å². The minimum Gasteiger partial charge on any atom is -0.377 e. The number of hydrogen-bond donors (Lipinski definition) is 2. The number of nitrogens with zero attached hydrogens (tertiary/aromatic N) is 1. The Hall–Kier alpha value is -2.11. The van der Waals surface area contributed by atoms with Crippen molar-refractivity contribution in [2.24, 2.45) is 0 Å². The van der Waals surface area contributed by atoms with Gasteiger partial charge in [0.05, 0.1) is 4.92 Å². The van der Waals surface area contributed by atoms with E-state index in [1.165, 1.54) is 6.07 Å². The molecule has 1 aromatic carbocycles. The number of benzene rings is 1. The molecule has 0 radical (unpaired) electrons. The predicted molar refractivity (Wildman–Crippen MR) is 79.1 cm³/mol. The fourth-order valence-corrected chi connectivity index (χ4v) is 1.98. The first-order chi connectivity index (χ1) is 9.49. The normalized spacial score (nSPS) is 11.8. The van der Waals surface area contributed by atoms with Gasteiger partial charge in [-0.05, 0) is 32.4 Å². The van der Waals surface area contributed by atoms with Crippen LogP contribution in [0.4, 0.5) is 11.4 Å². The first kappa shape index (κ1) is 15.9. The molecule has 0 aliphatic rings. The van der Waals surface area contributed by atoms with E-state index in [2.05, 4.69) is 17.6 Å². The summed E-state index contributed by atoms with van der Waals surface area (Å²) < 4.78 is 0. The molecule has 0 aliphatic carbocycles. The summed E-state index contributed by atoms with van der Waals surface area (Å²) in [7, 11) is 0. The lowest BCUT2D eigenvalue weighted by atomic mass is 10.1. The van der Waals surface area contributed by atoms with Crippen LogP contribution < -0.4 is 10.6 Å². The van der Waals surface area contributed by atoms with E-state index in [1.807, 2.05) is 6.92 Å². The van der Waals surface area contributed by atoms with Crippen molar-refractivity contribution in [1.82, 2.24) is 5.32 Å². The highest BCUT2D eigenvalue weighted by Gasteiger charge is 2.18. The van der Waals surface area contributed by atoms with Crippen LogP contribution in [-0.2, 0) is 0 Å². The second-order valence-electron chi connectivity index (χ2n) is 4.68. The summed E-state index contributed by atoms with van der Waals surface area (Å²) in [5.74, 6) is -0.302. The number of carbonyl (C=O) groups excluding carboxylic acids is 1. The fraction of sp³-hybridized carbons (Fsp3) is 0.500. The van der Waals surface area contributed by atoms with Crippen LogP contribution in [0.2, 0.25) is 0 Å².